The Balaban J connectivity index is 2.17. The number of likely N-dealkylation sites (tertiary alicyclic amines) is 1. The first-order valence-electron chi connectivity index (χ1n) is 7.37. The first-order valence-corrected chi connectivity index (χ1v) is 7.37. The summed E-state index contributed by atoms with van der Waals surface area (Å²) in [5.41, 5.74) is 7.50. The molecule has 0 spiro atoms. The number of rotatable bonds is 5. The Morgan fingerprint density at radius 3 is 2.60 bits per heavy atom. The van der Waals surface area contributed by atoms with Crippen LogP contribution in [0.4, 0.5) is 0 Å². The van der Waals surface area contributed by atoms with Gasteiger partial charge in [-0.05, 0) is 43.0 Å². The summed E-state index contributed by atoms with van der Waals surface area (Å²) in [6.45, 7) is 5.43. The number of hydrogen-bond acceptors (Lipinski definition) is 4. The highest BCUT2D eigenvalue weighted by molar-refractivity contribution is 5.44. The summed E-state index contributed by atoms with van der Waals surface area (Å²) in [7, 11) is 3.34. The standard InChI is InChI=1S/C16H26N2O2/c1-4-7-18-10-13(8-14(17)11-18)12-5-6-15(19-2)16(9-12)20-3/h5-6,9,13-14H,4,7-8,10-11,17H2,1-3H3. The zero-order valence-electron chi connectivity index (χ0n) is 12.8. The van der Waals surface area contributed by atoms with Crippen LogP contribution in [-0.2, 0) is 0 Å². The molecule has 2 unspecified atom stereocenters. The first-order chi connectivity index (χ1) is 9.67. The fourth-order valence-corrected chi connectivity index (χ4v) is 3.08. The largest absolute Gasteiger partial charge is 0.493 e. The molecule has 0 aliphatic carbocycles. The van der Waals surface area contributed by atoms with Gasteiger partial charge in [0.1, 0.15) is 0 Å². The van der Waals surface area contributed by atoms with Gasteiger partial charge in [0, 0.05) is 19.1 Å². The van der Waals surface area contributed by atoms with Gasteiger partial charge in [-0.1, -0.05) is 13.0 Å². The Morgan fingerprint density at radius 1 is 1.20 bits per heavy atom. The smallest absolute Gasteiger partial charge is 0.160 e. The monoisotopic (exact) mass is 278 g/mol. The van der Waals surface area contributed by atoms with Crippen LogP contribution in [0.1, 0.15) is 31.2 Å². The number of nitrogens with zero attached hydrogens (tertiary/aromatic N) is 1. The topological polar surface area (TPSA) is 47.7 Å². The molecule has 0 bridgehead atoms. The van der Waals surface area contributed by atoms with E-state index in [0.29, 0.717) is 5.92 Å². The van der Waals surface area contributed by atoms with E-state index in [1.54, 1.807) is 14.2 Å². The maximum absolute atomic E-state index is 6.21. The van der Waals surface area contributed by atoms with Gasteiger partial charge in [-0.15, -0.1) is 0 Å². The van der Waals surface area contributed by atoms with Crippen LogP contribution in [0.5, 0.6) is 11.5 Å². The van der Waals surface area contributed by atoms with E-state index in [2.05, 4.69) is 24.0 Å². The van der Waals surface area contributed by atoms with Crippen molar-refractivity contribution in [2.75, 3.05) is 33.9 Å². The number of nitrogens with two attached hydrogens (primary N) is 1. The summed E-state index contributed by atoms with van der Waals surface area (Å²) in [4.78, 5) is 2.47. The van der Waals surface area contributed by atoms with Crippen molar-refractivity contribution in [2.24, 2.45) is 5.73 Å². The second-order valence-corrected chi connectivity index (χ2v) is 5.57. The van der Waals surface area contributed by atoms with Crippen LogP contribution < -0.4 is 15.2 Å². The quantitative estimate of drug-likeness (QED) is 0.897. The fraction of sp³-hybridized carbons (Fsp3) is 0.625. The van der Waals surface area contributed by atoms with E-state index in [1.807, 2.05) is 6.07 Å². The van der Waals surface area contributed by atoms with Crippen LogP contribution in [0.15, 0.2) is 18.2 Å². The average Bonchev–Trinajstić information content (AvgIpc) is 2.46. The van der Waals surface area contributed by atoms with Gasteiger partial charge in [0.2, 0.25) is 0 Å². The zero-order valence-corrected chi connectivity index (χ0v) is 12.8. The Morgan fingerprint density at radius 2 is 1.95 bits per heavy atom. The molecule has 112 valence electrons. The molecule has 0 aromatic heterocycles. The predicted octanol–water partition coefficient (Wildman–Crippen LogP) is 2.23. The second-order valence-electron chi connectivity index (χ2n) is 5.57. The lowest BCUT2D eigenvalue weighted by atomic mass is 9.88. The molecule has 1 aromatic carbocycles. The number of ether oxygens (including phenoxy) is 2. The minimum Gasteiger partial charge on any atom is -0.493 e. The Kier molecular flexibility index (Phi) is 5.26. The van der Waals surface area contributed by atoms with Gasteiger partial charge in [0.25, 0.3) is 0 Å². The summed E-state index contributed by atoms with van der Waals surface area (Å²) >= 11 is 0. The van der Waals surface area contributed by atoms with Gasteiger partial charge in [-0.3, -0.25) is 0 Å². The molecule has 0 amide bonds. The summed E-state index contributed by atoms with van der Waals surface area (Å²) in [6, 6.07) is 6.46. The number of benzene rings is 1. The molecule has 20 heavy (non-hydrogen) atoms. The Labute approximate surface area is 121 Å². The lowest BCUT2D eigenvalue weighted by Crippen LogP contribution is -2.46. The molecule has 1 heterocycles. The van der Waals surface area contributed by atoms with E-state index in [4.69, 9.17) is 15.2 Å². The SMILES string of the molecule is CCCN1CC(N)CC(c2ccc(OC)c(OC)c2)C1. The third kappa shape index (κ3) is 3.44. The number of hydrogen-bond donors (Lipinski definition) is 1. The van der Waals surface area contributed by atoms with Gasteiger partial charge in [0.15, 0.2) is 11.5 Å². The summed E-state index contributed by atoms with van der Waals surface area (Å²) in [5, 5.41) is 0. The molecule has 2 atom stereocenters. The summed E-state index contributed by atoms with van der Waals surface area (Å²) in [6.07, 6.45) is 2.21. The molecule has 0 radical (unpaired) electrons. The minimum atomic E-state index is 0.258. The van der Waals surface area contributed by atoms with Crippen LogP contribution in [0.25, 0.3) is 0 Å². The van der Waals surface area contributed by atoms with Gasteiger partial charge >= 0.3 is 0 Å². The van der Waals surface area contributed by atoms with Gasteiger partial charge in [0.05, 0.1) is 14.2 Å². The number of piperidine rings is 1. The molecule has 4 nitrogen and oxygen atoms in total. The van der Waals surface area contributed by atoms with Crippen molar-refractivity contribution in [3.8, 4) is 11.5 Å². The van der Waals surface area contributed by atoms with Crippen molar-refractivity contribution in [2.45, 2.75) is 31.7 Å². The van der Waals surface area contributed by atoms with Crippen molar-refractivity contribution in [1.29, 1.82) is 0 Å². The molecular formula is C16H26N2O2. The molecule has 1 fully saturated rings. The minimum absolute atomic E-state index is 0.258. The average molecular weight is 278 g/mol. The Hall–Kier alpha value is -1.26. The van der Waals surface area contributed by atoms with Crippen molar-refractivity contribution in [3.63, 3.8) is 0 Å². The molecule has 2 rings (SSSR count). The first kappa shape index (κ1) is 15.1. The van der Waals surface area contributed by atoms with Crippen LogP contribution >= 0.6 is 0 Å². The zero-order chi connectivity index (χ0) is 14.5. The molecule has 2 N–H and O–H groups in total. The van der Waals surface area contributed by atoms with Gasteiger partial charge in [-0.2, -0.15) is 0 Å². The van der Waals surface area contributed by atoms with Crippen molar-refractivity contribution < 1.29 is 9.47 Å². The Bertz CT molecular complexity index is 436. The maximum Gasteiger partial charge on any atom is 0.160 e. The van der Waals surface area contributed by atoms with Crippen LogP contribution in [-0.4, -0.2) is 44.8 Å². The van der Waals surface area contributed by atoms with Crippen LogP contribution in [0.3, 0.4) is 0 Å². The third-order valence-corrected chi connectivity index (χ3v) is 3.98. The van der Waals surface area contributed by atoms with Crippen LogP contribution in [0.2, 0.25) is 0 Å². The third-order valence-electron chi connectivity index (χ3n) is 3.98. The van der Waals surface area contributed by atoms with E-state index in [9.17, 15) is 0 Å². The molecule has 0 saturated carbocycles. The maximum atomic E-state index is 6.21. The number of methoxy groups -OCH3 is 2. The molecule has 4 heteroatoms. The highest BCUT2D eigenvalue weighted by Crippen LogP contribution is 2.33. The molecule has 1 aliphatic rings. The predicted molar refractivity (Wildman–Crippen MR) is 81.6 cm³/mol. The van der Waals surface area contributed by atoms with Crippen molar-refractivity contribution in [1.82, 2.24) is 4.90 Å². The lowest BCUT2D eigenvalue weighted by Gasteiger charge is -2.36. The van der Waals surface area contributed by atoms with Crippen LogP contribution in [0, 0.1) is 0 Å². The van der Waals surface area contributed by atoms with Crippen molar-refractivity contribution >= 4 is 0 Å². The highest BCUT2D eigenvalue weighted by atomic mass is 16.5. The molecule has 1 aromatic rings. The van der Waals surface area contributed by atoms with E-state index < -0.39 is 0 Å². The normalized spacial score (nSPS) is 23.6. The van der Waals surface area contributed by atoms with E-state index in [1.165, 1.54) is 12.0 Å². The highest BCUT2D eigenvalue weighted by Gasteiger charge is 2.26. The lowest BCUT2D eigenvalue weighted by molar-refractivity contribution is 0.189. The van der Waals surface area contributed by atoms with Gasteiger partial charge < -0.3 is 20.1 Å². The molecule has 1 saturated heterocycles. The molecule has 1 aliphatic heterocycles. The van der Waals surface area contributed by atoms with E-state index >= 15 is 0 Å². The van der Waals surface area contributed by atoms with Crippen molar-refractivity contribution in [3.05, 3.63) is 23.8 Å². The van der Waals surface area contributed by atoms with E-state index in [-0.39, 0.29) is 6.04 Å². The van der Waals surface area contributed by atoms with E-state index in [0.717, 1.165) is 37.6 Å². The van der Waals surface area contributed by atoms with Gasteiger partial charge in [-0.25, -0.2) is 0 Å². The second kappa shape index (κ2) is 6.95. The fourth-order valence-electron chi connectivity index (χ4n) is 3.08. The summed E-state index contributed by atoms with van der Waals surface area (Å²) in [5.74, 6) is 2.05. The molecular weight excluding hydrogens is 252 g/mol. The summed E-state index contributed by atoms with van der Waals surface area (Å²) < 4.78 is 10.7.